The van der Waals surface area contributed by atoms with Gasteiger partial charge in [0.2, 0.25) is 0 Å². The zero-order chi connectivity index (χ0) is 13.6. The van der Waals surface area contributed by atoms with Gasteiger partial charge in [-0.2, -0.15) is 0 Å². The van der Waals surface area contributed by atoms with Crippen LogP contribution in [-0.2, 0) is 6.54 Å². The maximum Gasteiger partial charge on any atom is 0.119 e. The minimum Gasteiger partial charge on any atom is -0.491 e. The van der Waals surface area contributed by atoms with E-state index in [2.05, 4.69) is 64.2 Å². The molecule has 0 bridgehead atoms. The van der Waals surface area contributed by atoms with E-state index in [1.807, 2.05) is 0 Å². The molecule has 1 rings (SSSR count). The Hall–Kier alpha value is -1.02. The fourth-order valence-electron chi connectivity index (χ4n) is 1.58. The summed E-state index contributed by atoms with van der Waals surface area (Å²) >= 11 is 0. The van der Waals surface area contributed by atoms with Crippen LogP contribution in [0.25, 0.3) is 0 Å². The van der Waals surface area contributed by atoms with Gasteiger partial charge in [0.05, 0.1) is 6.10 Å². The summed E-state index contributed by atoms with van der Waals surface area (Å²) in [4.78, 5) is 0. The second kappa shape index (κ2) is 6.79. The van der Waals surface area contributed by atoms with Crippen LogP contribution in [0.1, 0.15) is 46.6 Å². The Labute approximate surface area is 112 Å². The predicted octanol–water partition coefficient (Wildman–Crippen LogP) is 4.00. The van der Waals surface area contributed by atoms with Crippen LogP contribution in [0.2, 0.25) is 0 Å². The van der Waals surface area contributed by atoms with Gasteiger partial charge in [0.1, 0.15) is 5.75 Å². The molecule has 1 unspecified atom stereocenters. The molecule has 102 valence electrons. The van der Waals surface area contributed by atoms with Crippen molar-refractivity contribution in [1.29, 1.82) is 0 Å². The average Bonchev–Trinajstić information content (AvgIpc) is 2.29. The van der Waals surface area contributed by atoms with Crippen molar-refractivity contribution in [3.8, 4) is 5.75 Å². The second-order valence-corrected chi connectivity index (χ2v) is 6.14. The van der Waals surface area contributed by atoms with Crippen molar-refractivity contribution in [3.05, 3.63) is 29.8 Å². The summed E-state index contributed by atoms with van der Waals surface area (Å²) in [5.74, 6) is 0.962. The monoisotopic (exact) mass is 249 g/mol. The molecule has 0 saturated carbocycles. The lowest BCUT2D eigenvalue weighted by Gasteiger charge is -2.19. The molecule has 0 aliphatic heterocycles. The van der Waals surface area contributed by atoms with Crippen LogP contribution < -0.4 is 10.1 Å². The minimum atomic E-state index is 0.287. The smallest absolute Gasteiger partial charge is 0.119 e. The van der Waals surface area contributed by atoms with E-state index < -0.39 is 0 Å². The molecular formula is C16H27NO. The summed E-state index contributed by atoms with van der Waals surface area (Å²) in [6, 6.07) is 8.38. The second-order valence-electron chi connectivity index (χ2n) is 6.14. The Balaban J connectivity index is 2.41. The summed E-state index contributed by atoms with van der Waals surface area (Å²) in [6.07, 6.45) is 1.32. The lowest BCUT2D eigenvalue weighted by molar-refractivity contribution is 0.217. The fourth-order valence-corrected chi connectivity index (χ4v) is 1.58. The van der Waals surface area contributed by atoms with Crippen LogP contribution in [0.3, 0.4) is 0 Å². The maximum atomic E-state index is 5.76. The topological polar surface area (TPSA) is 21.3 Å². The molecule has 1 N–H and O–H groups in total. The van der Waals surface area contributed by atoms with E-state index in [0.29, 0.717) is 5.41 Å². The third kappa shape index (κ3) is 6.06. The number of ether oxygens (including phenoxy) is 1. The molecule has 1 aromatic carbocycles. The Bertz CT molecular complexity index is 337. The highest BCUT2D eigenvalue weighted by Crippen LogP contribution is 2.15. The molecule has 0 radical (unpaired) electrons. The number of benzene rings is 1. The zero-order valence-corrected chi connectivity index (χ0v) is 12.4. The van der Waals surface area contributed by atoms with Gasteiger partial charge in [-0.05, 0) is 36.5 Å². The van der Waals surface area contributed by atoms with Crippen LogP contribution in [0.5, 0.6) is 5.75 Å². The van der Waals surface area contributed by atoms with E-state index in [1.54, 1.807) is 0 Å². The number of nitrogens with one attached hydrogen (secondary N) is 1. The zero-order valence-electron chi connectivity index (χ0n) is 12.4. The van der Waals surface area contributed by atoms with E-state index in [4.69, 9.17) is 4.74 Å². The first kappa shape index (κ1) is 15.0. The summed E-state index contributed by atoms with van der Waals surface area (Å²) in [6.45, 7) is 12.9. The van der Waals surface area contributed by atoms with Crippen molar-refractivity contribution >= 4 is 0 Å². The van der Waals surface area contributed by atoms with E-state index >= 15 is 0 Å². The minimum absolute atomic E-state index is 0.287. The molecule has 0 fully saturated rings. The lowest BCUT2D eigenvalue weighted by atomic mass is 9.97. The quantitative estimate of drug-likeness (QED) is 0.823. The Morgan fingerprint density at radius 1 is 1.17 bits per heavy atom. The third-order valence-electron chi connectivity index (χ3n) is 2.82. The van der Waals surface area contributed by atoms with Gasteiger partial charge in [0, 0.05) is 13.1 Å². The summed E-state index contributed by atoms with van der Waals surface area (Å²) in [5, 5.41) is 3.47. The van der Waals surface area contributed by atoms with Crippen molar-refractivity contribution in [3.63, 3.8) is 0 Å². The van der Waals surface area contributed by atoms with Crippen molar-refractivity contribution in [2.45, 2.75) is 53.7 Å². The Morgan fingerprint density at radius 3 is 2.28 bits per heavy atom. The molecule has 1 aromatic rings. The van der Waals surface area contributed by atoms with E-state index in [-0.39, 0.29) is 6.10 Å². The maximum absolute atomic E-state index is 5.76. The summed E-state index contributed by atoms with van der Waals surface area (Å²) in [5.41, 5.74) is 1.63. The van der Waals surface area contributed by atoms with E-state index in [0.717, 1.165) is 25.3 Å². The first-order chi connectivity index (χ1) is 8.40. The van der Waals surface area contributed by atoms with Gasteiger partial charge in [-0.3, -0.25) is 0 Å². The first-order valence-electron chi connectivity index (χ1n) is 6.87. The molecule has 18 heavy (non-hydrogen) atoms. The van der Waals surface area contributed by atoms with Crippen LogP contribution in [0.4, 0.5) is 0 Å². The molecule has 1 atom stereocenters. The molecular weight excluding hydrogens is 222 g/mol. The van der Waals surface area contributed by atoms with Gasteiger partial charge >= 0.3 is 0 Å². The van der Waals surface area contributed by atoms with Crippen LogP contribution in [-0.4, -0.2) is 12.6 Å². The molecule has 0 heterocycles. The normalized spacial score (nSPS) is 13.4. The van der Waals surface area contributed by atoms with E-state index in [9.17, 15) is 0 Å². The van der Waals surface area contributed by atoms with Gasteiger partial charge in [-0.25, -0.2) is 0 Å². The van der Waals surface area contributed by atoms with Gasteiger partial charge in [-0.15, -0.1) is 0 Å². The van der Waals surface area contributed by atoms with Gasteiger partial charge in [-0.1, -0.05) is 39.8 Å². The average molecular weight is 249 g/mol. The summed E-state index contributed by atoms with van der Waals surface area (Å²) in [7, 11) is 0. The standard InChI is InChI=1S/C16H27NO/c1-6-13(2)18-15-9-7-14(8-10-15)11-17-12-16(3,4)5/h7-10,13,17H,6,11-12H2,1-5H3. The molecule has 0 saturated heterocycles. The van der Waals surface area contributed by atoms with E-state index in [1.165, 1.54) is 5.56 Å². The van der Waals surface area contributed by atoms with Crippen molar-refractivity contribution in [2.75, 3.05) is 6.54 Å². The molecule has 2 nitrogen and oxygen atoms in total. The van der Waals surface area contributed by atoms with Crippen LogP contribution in [0.15, 0.2) is 24.3 Å². The first-order valence-corrected chi connectivity index (χ1v) is 6.87. The summed E-state index contributed by atoms with van der Waals surface area (Å²) < 4.78 is 5.76. The van der Waals surface area contributed by atoms with Crippen molar-refractivity contribution in [2.24, 2.45) is 5.41 Å². The van der Waals surface area contributed by atoms with Crippen LogP contribution in [0, 0.1) is 5.41 Å². The Morgan fingerprint density at radius 2 is 1.78 bits per heavy atom. The highest BCUT2D eigenvalue weighted by molar-refractivity contribution is 5.27. The van der Waals surface area contributed by atoms with Crippen LogP contribution >= 0.6 is 0 Å². The van der Waals surface area contributed by atoms with Gasteiger partial charge in [0.15, 0.2) is 0 Å². The molecule has 0 spiro atoms. The molecule has 0 aromatic heterocycles. The number of hydrogen-bond acceptors (Lipinski definition) is 2. The molecule has 2 heteroatoms. The van der Waals surface area contributed by atoms with Crippen molar-refractivity contribution < 1.29 is 4.74 Å². The number of hydrogen-bond donors (Lipinski definition) is 1. The third-order valence-corrected chi connectivity index (χ3v) is 2.82. The Kier molecular flexibility index (Phi) is 5.67. The SMILES string of the molecule is CCC(C)Oc1ccc(CNCC(C)(C)C)cc1. The highest BCUT2D eigenvalue weighted by atomic mass is 16.5. The molecule has 0 aliphatic rings. The largest absolute Gasteiger partial charge is 0.491 e. The number of rotatable bonds is 6. The highest BCUT2D eigenvalue weighted by Gasteiger charge is 2.08. The predicted molar refractivity (Wildman–Crippen MR) is 78.0 cm³/mol. The molecule has 0 amide bonds. The lowest BCUT2D eigenvalue weighted by Crippen LogP contribution is -2.26. The fraction of sp³-hybridized carbons (Fsp3) is 0.625. The van der Waals surface area contributed by atoms with Gasteiger partial charge in [0.25, 0.3) is 0 Å². The van der Waals surface area contributed by atoms with Gasteiger partial charge < -0.3 is 10.1 Å². The van der Waals surface area contributed by atoms with Crippen molar-refractivity contribution in [1.82, 2.24) is 5.32 Å². The molecule has 0 aliphatic carbocycles.